The van der Waals surface area contributed by atoms with Crippen molar-refractivity contribution in [3.8, 4) is 0 Å². The predicted octanol–water partition coefficient (Wildman–Crippen LogP) is 3.74. The van der Waals surface area contributed by atoms with Gasteiger partial charge in [-0.2, -0.15) is 0 Å². The molecular weight excluding hydrogens is 292 g/mol. The van der Waals surface area contributed by atoms with E-state index in [9.17, 15) is 4.79 Å². The second-order valence-electron chi connectivity index (χ2n) is 6.81. The van der Waals surface area contributed by atoms with Crippen molar-refractivity contribution in [1.29, 1.82) is 0 Å². The van der Waals surface area contributed by atoms with Gasteiger partial charge in [-0.15, -0.1) is 0 Å². The summed E-state index contributed by atoms with van der Waals surface area (Å²) in [6, 6.07) is 7.98. The number of para-hydroxylation sites is 1. The van der Waals surface area contributed by atoms with E-state index in [1.807, 2.05) is 52.8 Å². The maximum atomic E-state index is 11.7. The Balaban J connectivity index is 1.84. The van der Waals surface area contributed by atoms with E-state index in [0.717, 1.165) is 22.3 Å². The first-order chi connectivity index (χ1) is 10.8. The van der Waals surface area contributed by atoms with Crippen LogP contribution < -0.4 is 10.6 Å². The number of nitrogens with one attached hydrogen (secondary N) is 2. The number of carbonyl (C=O) groups excluding carboxylic acids is 1. The van der Waals surface area contributed by atoms with E-state index in [2.05, 4.69) is 16.7 Å². The normalized spacial score (nSPS) is 13.1. The van der Waals surface area contributed by atoms with Gasteiger partial charge in [0.1, 0.15) is 16.9 Å². The molecule has 2 aromatic rings. The number of fused-ring (bicyclic) bond motifs is 1. The molecular formula is C18H26N2O3. The first-order valence-corrected chi connectivity index (χ1v) is 7.93. The molecule has 126 valence electrons. The molecule has 1 atom stereocenters. The Labute approximate surface area is 137 Å². The average molecular weight is 318 g/mol. The third-order valence-corrected chi connectivity index (χ3v) is 3.42. The van der Waals surface area contributed by atoms with Gasteiger partial charge in [0.25, 0.3) is 0 Å². The van der Waals surface area contributed by atoms with E-state index < -0.39 is 11.7 Å². The van der Waals surface area contributed by atoms with Crippen LogP contribution in [-0.2, 0) is 11.3 Å². The van der Waals surface area contributed by atoms with Crippen molar-refractivity contribution < 1.29 is 13.9 Å². The summed E-state index contributed by atoms with van der Waals surface area (Å²) in [6.45, 7) is 10.8. The standard InChI is InChI=1S/C18H26N2O3/c1-12(20-17(21)23-18(3,4)5)10-19-11-15-13(2)22-16-9-7-6-8-14(15)16/h6-9,12,19H,10-11H2,1-5H3,(H,20,21). The summed E-state index contributed by atoms with van der Waals surface area (Å²) in [6.07, 6.45) is -0.392. The number of aryl methyl sites for hydroxylation is 1. The molecule has 0 fully saturated rings. The molecule has 0 bridgehead atoms. The van der Waals surface area contributed by atoms with E-state index in [1.54, 1.807) is 0 Å². The van der Waals surface area contributed by atoms with Crippen LogP contribution in [0.4, 0.5) is 4.79 Å². The number of carbonyl (C=O) groups is 1. The van der Waals surface area contributed by atoms with Gasteiger partial charge in [0.2, 0.25) is 0 Å². The van der Waals surface area contributed by atoms with Crippen LogP contribution in [0.25, 0.3) is 11.0 Å². The summed E-state index contributed by atoms with van der Waals surface area (Å²) >= 11 is 0. The molecule has 0 saturated heterocycles. The SMILES string of the molecule is Cc1oc2ccccc2c1CNCC(C)NC(=O)OC(C)(C)C. The zero-order chi connectivity index (χ0) is 17.0. The van der Waals surface area contributed by atoms with Crippen LogP contribution in [0, 0.1) is 6.92 Å². The minimum Gasteiger partial charge on any atom is -0.461 e. The van der Waals surface area contributed by atoms with Gasteiger partial charge in [-0.25, -0.2) is 4.79 Å². The van der Waals surface area contributed by atoms with E-state index in [1.165, 1.54) is 0 Å². The van der Waals surface area contributed by atoms with Gasteiger partial charge in [-0.3, -0.25) is 0 Å². The van der Waals surface area contributed by atoms with Crippen molar-refractivity contribution in [1.82, 2.24) is 10.6 Å². The number of ether oxygens (including phenoxy) is 1. The molecule has 1 heterocycles. The van der Waals surface area contributed by atoms with Crippen LogP contribution in [0.15, 0.2) is 28.7 Å². The van der Waals surface area contributed by atoms with Crippen LogP contribution in [0.2, 0.25) is 0 Å². The molecule has 5 heteroatoms. The molecule has 0 radical (unpaired) electrons. The maximum Gasteiger partial charge on any atom is 0.407 e. The summed E-state index contributed by atoms with van der Waals surface area (Å²) in [5, 5.41) is 7.31. The number of amides is 1. The van der Waals surface area contributed by atoms with Crippen LogP contribution in [-0.4, -0.2) is 24.3 Å². The molecule has 0 aliphatic rings. The van der Waals surface area contributed by atoms with Crippen molar-refractivity contribution in [2.75, 3.05) is 6.54 Å². The third kappa shape index (κ3) is 4.99. The predicted molar refractivity (Wildman–Crippen MR) is 91.5 cm³/mol. The fourth-order valence-corrected chi connectivity index (χ4v) is 2.41. The highest BCUT2D eigenvalue weighted by Gasteiger charge is 2.17. The Morgan fingerprint density at radius 3 is 2.70 bits per heavy atom. The van der Waals surface area contributed by atoms with Gasteiger partial charge < -0.3 is 19.8 Å². The second kappa shape index (κ2) is 7.04. The fraction of sp³-hybridized carbons (Fsp3) is 0.500. The second-order valence-corrected chi connectivity index (χ2v) is 6.81. The van der Waals surface area contributed by atoms with Gasteiger partial charge in [-0.05, 0) is 40.7 Å². The molecule has 1 aromatic carbocycles. The molecule has 5 nitrogen and oxygen atoms in total. The minimum atomic E-state index is -0.482. The van der Waals surface area contributed by atoms with E-state index in [0.29, 0.717) is 13.1 Å². The Morgan fingerprint density at radius 1 is 1.30 bits per heavy atom. The minimum absolute atomic E-state index is 0.0247. The van der Waals surface area contributed by atoms with Crippen LogP contribution in [0.3, 0.4) is 0 Å². The van der Waals surface area contributed by atoms with Crippen LogP contribution in [0.5, 0.6) is 0 Å². The van der Waals surface area contributed by atoms with Crippen molar-refractivity contribution in [3.05, 3.63) is 35.6 Å². The number of furan rings is 1. The maximum absolute atomic E-state index is 11.7. The molecule has 0 aliphatic carbocycles. The molecule has 2 N–H and O–H groups in total. The van der Waals surface area contributed by atoms with Gasteiger partial charge in [0.15, 0.2) is 0 Å². The van der Waals surface area contributed by atoms with Gasteiger partial charge in [0, 0.05) is 30.1 Å². The molecule has 23 heavy (non-hydrogen) atoms. The average Bonchev–Trinajstić information content (AvgIpc) is 2.73. The molecule has 1 unspecified atom stereocenters. The lowest BCUT2D eigenvalue weighted by molar-refractivity contribution is 0.0508. The number of hydrogen-bond acceptors (Lipinski definition) is 4. The largest absolute Gasteiger partial charge is 0.461 e. The lowest BCUT2D eigenvalue weighted by atomic mass is 10.1. The first kappa shape index (κ1) is 17.3. The summed E-state index contributed by atoms with van der Waals surface area (Å²) in [5.41, 5.74) is 1.58. The molecule has 1 amide bonds. The Morgan fingerprint density at radius 2 is 2.00 bits per heavy atom. The van der Waals surface area contributed by atoms with Crippen LogP contribution >= 0.6 is 0 Å². The molecule has 2 rings (SSSR count). The molecule has 0 aliphatic heterocycles. The van der Waals surface area contributed by atoms with E-state index in [-0.39, 0.29) is 6.04 Å². The highest BCUT2D eigenvalue weighted by atomic mass is 16.6. The Kier molecular flexibility index (Phi) is 5.31. The third-order valence-electron chi connectivity index (χ3n) is 3.42. The highest BCUT2D eigenvalue weighted by molar-refractivity contribution is 5.82. The van der Waals surface area contributed by atoms with Crippen molar-refractivity contribution in [2.24, 2.45) is 0 Å². The lowest BCUT2D eigenvalue weighted by Crippen LogP contribution is -2.42. The molecule has 0 spiro atoms. The summed E-state index contributed by atoms with van der Waals surface area (Å²) in [4.78, 5) is 11.7. The zero-order valence-electron chi connectivity index (χ0n) is 14.5. The summed E-state index contributed by atoms with van der Waals surface area (Å²) in [7, 11) is 0. The topological polar surface area (TPSA) is 63.5 Å². The molecule has 0 saturated carbocycles. The van der Waals surface area contributed by atoms with E-state index >= 15 is 0 Å². The highest BCUT2D eigenvalue weighted by Crippen LogP contribution is 2.24. The fourth-order valence-electron chi connectivity index (χ4n) is 2.41. The zero-order valence-corrected chi connectivity index (χ0v) is 14.5. The smallest absolute Gasteiger partial charge is 0.407 e. The lowest BCUT2D eigenvalue weighted by Gasteiger charge is -2.22. The summed E-state index contributed by atoms with van der Waals surface area (Å²) in [5.74, 6) is 0.923. The number of alkyl carbamates (subject to hydrolysis) is 1. The van der Waals surface area contributed by atoms with Crippen LogP contribution in [0.1, 0.15) is 39.0 Å². The van der Waals surface area contributed by atoms with E-state index in [4.69, 9.17) is 9.15 Å². The Hall–Kier alpha value is -2.01. The number of rotatable bonds is 5. The van der Waals surface area contributed by atoms with Crippen molar-refractivity contribution in [3.63, 3.8) is 0 Å². The monoisotopic (exact) mass is 318 g/mol. The number of hydrogen-bond donors (Lipinski definition) is 2. The number of benzene rings is 1. The van der Waals surface area contributed by atoms with Gasteiger partial charge in [0.05, 0.1) is 0 Å². The van der Waals surface area contributed by atoms with Crippen molar-refractivity contribution in [2.45, 2.75) is 52.8 Å². The van der Waals surface area contributed by atoms with Gasteiger partial charge in [-0.1, -0.05) is 18.2 Å². The van der Waals surface area contributed by atoms with Gasteiger partial charge >= 0.3 is 6.09 Å². The van der Waals surface area contributed by atoms with Crippen molar-refractivity contribution >= 4 is 17.1 Å². The summed E-state index contributed by atoms with van der Waals surface area (Å²) < 4.78 is 11.0. The first-order valence-electron chi connectivity index (χ1n) is 7.93. The Bertz CT molecular complexity index is 670. The quantitative estimate of drug-likeness (QED) is 0.881. The molecule has 1 aromatic heterocycles.